The molecule has 1 aliphatic carbocycles. The number of hydrogen-bond donors (Lipinski definition) is 1. The maximum atomic E-state index is 11.2. The Balaban J connectivity index is 1.75. The van der Waals surface area contributed by atoms with Crippen molar-refractivity contribution in [1.29, 1.82) is 0 Å². The zero-order chi connectivity index (χ0) is 13.2. The summed E-state index contributed by atoms with van der Waals surface area (Å²) in [6.07, 6.45) is 3.07. The van der Waals surface area contributed by atoms with Crippen LogP contribution in [0.4, 0.5) is 0 Å². The fourth-order valence-electron chi connectivity index (χ4n) is 2.61. The van der Waals surface area contributed by atoms with Gasteiger partial charge < -0.3 is 9.63 Å². The summed E-state index contributed by atoms with van der Waals surface area (Å²) in [7, 11) is 0. The summed E-state index contributed by atoms with van der Waals surface area (Å²) in [5.41, 5.74) is 0. The van der Waals surface area contributed by atoms with Crippen LogP contribution in [0, 0.1) is 5.92 Å². The van der Waals surface area contributed by atoms with Crippen molar-refractivity contribution < 1.29 is 14.4 Å². The van der Waals surface area contributed by atoms with Gasteiger partial charge in [0.1, 0.15) is 0 Å². The van der Waals surface area contributed by atoms with Crippen LogP contribution in [0.5, 0.6) is 0 Å². The first kappa shape index (κ1) is 12.3. The van der Waals surface area contributed by atoms with Gasteiger partial charge in [-0.1, -0.05) is 17.6 Å². The summed E-state index contributed by atoms with van der Waals surface area (Å²) in [4.78, 5) is 16.7. The number of aliphatic carboxylic acids is 1. The molecule has 1 fully saturated rings. The maximum Gasteiger partial charge on any atom is 0.307 e. The van der Waals surface area contributed by atoms with Gasteiger partial charge in [0, 0.05) is 11.3 Å². The van der Waals surface area contributed by atoms with E-state index in [1.165, 1.54) is 4.88 Å². The molecule has 3 rings (SSSR count). The van der Waals surface area contributed by atoms with Crippen LogP contribution in [0.2, 0.25) is 0 Å². The topological polar surface area (TPSA) is 76.2 Å². The highest BCUT2D eigenvalue weighted by Crippen LogP contribution is 2.39. The van der Waals surface area contributed by atoms with Crippen LogP contribution in [0.1, 0.15) is 41.8 Å². The van der Waals surface area contributed by atoms with Crippen molar-refractivity contribution in [2.24, 2.45) is 5.92 Å². The second-order valence-electron chi connectivity index (χ2n) is 4.79. The second kappa shape index (κ2) is 5.13. The highest BCUT2D eigenvalue weighted by Gasteiger charge is 2.37. The third-order valence-corrected chi connectivity index (χ3v) is 4.42. The van der Waals surface area contributed by atoms with Crippen molar-refractivity contribution >= 4 is 17.3 Å². The van der Waals surface area contributed by atoms with Gasteiger partial charge >= 0.3 is 5.97 Å². The number of carboxylic acid groups (broad SMARTS) is 1. The van der Waals surface area contributed by atoms with Crippen molar-refractivity contribution in [2.75, 3.05) is 0 Å². The summed E-state index contributed by atoms with van der Waals surface area (Å²) in [6, 6.07) is 4.01. The molecular weight excluding hydrogens is 264 g/mol. The summed E-state index contributed by atoms with van der Waals surface area (Å²) in [6.45, 7) is 0. The molecule has 1 N–H and O–H groups in total. The van der Waals surface area contributed by atoms with Crippen LogP contribution in [-0.4, -0.2) is 21.2 Å². The molecular formula is C13H14N2O3S. The van der Waals surface area contributed by atoms with Crippen LogP contribution in [0.3, 0.4) is 0 Å². The molecule has 19 heavy (non-hydrogen) atoms. The molecule has 0 amide bonds. The Hall–Kier alpha value is -1.69. The quantitative estimate of drug-likeness (QED) is 0.930. The minimum atomic E-state index is -0.763. The first-order valence-corrected chi connectivity index (χ1v) is 7.19. The van der Waals surface area contributed by atoms with Crippen LogP contribution < -0.4 is 0 Å². The van der Waals surface area contributed by atoms with Gasteiger partial charge in [-0.3, -0.25) is 4.79 Å². The number of carbonyl (C=O) groups is 1. The number of hydrogen-bond acceptors (Lipinski definition) is 5. The number of aromatic nitrogens is 2. The molecule has 1 saturated carbocycles. The van der Waals surface area contributed by atoms with Crippen LogP contribution >= 0.6 is 11.3 Å². The lowest BCUT2D eigenvalue weighted by atomic mass is 9.96. The van der Waals surface area contributed by atoms with Crippen LogP contribution in [0.25, 0.3) is 0 Å². The zero-order valence-corrected chi connectivity index (χ0v) is 11.1. The van der Waals surface area contributed by atoms with E-state index < -0.39 is 5.97 Å². The molecule has 2 atom stereocenters. The zero-order valence-electron chi connectivity index (χ0n) is 10.3. The highest BCUT2D eigenvalue weighted by molar-refractivity contribution is 7.09. The fourth-order valence-corrected chi connectivity index (χ4v) is 3.31. The van der Waals surface area contributed by atoms with E-state index in [0.29, 0.717) is 24.6 Å². The van der Waals surface area contributed by atoms with Gasteiger partial charge in [0.2, 0.25) is 5.89 Å². The highest BCUT2D eigenvalue weighted by atomic mass is 32.1. The predicted molar refractivity (Wildman–Crippen MR) is 69.1 cm³/mol. The van der Waals surface area contributed by atoms with E-state index >= 15 is 0 Å². The van der Waals surface area contributed by atoms with Crippen LogP contribution in [-0.2, 0) is 11.2 Å². The standard InChI is InChI=1S/C13H14N2O3S/c16-13(17)10-5-1-4-9(10)12-14-11(15-18-12)7-8-3-2-6-19-8/h2-3,6,9-10H,1,4-5,7H2,(H,16,17). The van der Waals surface area contributed by atoms with Crippen molar-refractivity contribution in [3.8, 4) is 0 Å². The Labute approximate surface area is 114 Å². The lowest BCUT2D eigenvalue weighted by Crippen LogP contribution is -2.17. The van der Waals surface area contributed by atoms with E-state index in [4.69, 9.17) is 4.52 Å². The normalized spacial score (nSPS) is 22.7. The molecule has 2 unspecified atom stereocenters. The monoisotopic (exact) mass is 278 g/mol. The van der Waals surface area contributed by atoms with Gasteiger partial charge in [-0.25, -0.2) is 0 Å². The smallest absolute Gasteiger partial charge is 0.307 e. The van der Waals surface area contributed by atoms with Crippen molar-refractivity contribution in [3.05, 3.63) is 34.1 Å². The molecule has 0 aromatic carbocycles. The summed E-state index contributed by atoms with van der Waals surface area (Å²) in [5, 5.41) is 15.1. The van der Waals surface area contributed by atoms with Gasteiger partial charge in [-0.05, 0) is 24.3 Å². The van der Waals surface area contributed by atoms with E-state index in [-0.39, 0.29) is 11.8 Å². The summed E-state index contributed by atoms with van der Waals surface area (Å²) < 4.78 is 5.26. The molecule has 100 valence electrons. The molecule has 0 aliphatic heterocycles. The average Bonchev–Trinajstić information content (AvgIpc) is 3.09. The SMILES string of the molecule is O=C(O)C1CCCC1c1nc(Cc2cccs2)no1. The number of carboxylic acids is 1. The Bertz CT molecular complexity index is 564. The third-order valence-electron chi connectivity index (χ3n) is 3.55. The predicted octanol–water partition coefficient (Wildman–Crippen LogP) is 2.69. The van der Waals surface area contributed by atoms with Gasteiger partial charge in [-0.15, -0.1) is 11.3 Å². The van der Waals surface area contributed by atoms with E-state index in [1.54, 1.807) is 11.3 Å². The van der Waals surface area contributed by atoms with E-state index in [0.717, 1.165) is 12.8 Å². The summed E-state index contributed by atoms with van der Waals surface area (Å²) in [5.74, 6) is -0.150. The van der Waals surface area contributed by atoms with E-state index in [2.05, 4.69) is 10.1 Å². The Morgan fingerprint density at radius 3 is 3.16 bits per heavy atom. The molecule has 2 aromatic rings. The molecule has 1 aliphatic rings. The van der Waals surface area contributed by atoms with Crippen molar-refractivity contribution in [3.63, 3.8) is 0 Å². The molecule has 0 radical (unpaired) electrons. The molecule has 2 heterocycles. The molecule has 0 spiro atoms. The van der Waals surface area contributed by atoms with Gasteiger partial charge in [0.05, 0.1) is 11.8 Å². The number of rotatable bonds is 4. The molecule has 2 aromatic heterocycles. The van der Waals surface area contributed by atoms with E-state index in [1.807, 2.05) is 17.5 Å². The molecule has 6 heteroatoms. The molecule has 0 bridgehead atoms. The molecule has 5 nitrogen and oxygen atoms in total. The number of thiophene rings is 1. The minimum Gasteiger partial charge on any atom is -0.481 e. The maximum absolute atomic E-state index is 11.2. The van der Waals surface area contributed by atoms with Crippen molar-refractivity contribution in [1.82, 2.24) is 10.1 Å². The van der Waals surface area contributed by atoms with Gasteiger partial charge in [0.25, 0.3) is 0 Å². The largest absolute Gasteiger partial charge is 0.481 e. The van der Waals surface area contributed by atoms with E-state index in [9.17, 15) is 9.90 Å². The second-order valence-corrected chi connectivity index (χ2v) is 5.82. The molecule has 0 saturated heterocycles. The Morgan fingerprint density at radius 1 is 1.53 bits per heavy atom. The first-order chi connectivity index (χ1) is 9.24. The average molecular weight is 278 g/mol. The lowest BCUT2D eigenvalue weighted by molar-refractivity contribution is -0.142. The fraction of sp³-hybridized carbons (Fsp3) is 0.462. The first-order valence-electron chi connectivity index (χ1n) is 6.31. The van der Waals surface area contributed by atoms with Gasteiger partial charge in [0.15, 0.2) is 5.82 Å². The Kier molecular flexibility index (Phi) is 3.33. The Morgan fingerprint density at radius 2 is 2.42 bits per heavy atom. The van der Waals surface area contributed by atoms with Crippen molar-refractivity contribution in [2.45, 2.75) is 31.6 Å². The van der Waals surface area contributed by atoms with Gasteiger partial charge in [-0.2, -0.15) is 4.98 Å². The minimum absolute atomic E-state index is 0.123. The lowest BCUT2D eigenvalue weighted by Gasteiger charge is -2.09. The summed E-state index contributed by atoms with van der Waals surface area (Å²) >= 11 is 1.65. The third kappa shape index (κ3) is 2.53. The number of nitrogens with zero attached hydrogens (tertiary/aromatic N) is 2. The van der Waals surface area contributed by atoms with Crippen LogP contribution in [0.15, 0.2) is 22.0 Å².